The van der Waals surface area contributed by atoms with Crippen LogP contribution in [-0.2, 0) is 20.9 Å². The van der Waals surface area contributed by atoms with Crippen LogP contribution >= 0.6 is 23.2 Å². The molecule has 1 aromatic carbocycles. The lowest BCUT2D eigenvalue weighted by molar-refractivity contribution is -0.313. The van der Waals surface area contributed by atoms with Crippen LogP contribution in [0.15, 0.2) is 30.4 Å². The highest BCUT2D eigenvalue weighted by Gasteiger charge is 2.65. The topological polar surface area (TPSA) is 69.7 Å². The molecule has 3 aliphatic heterocycles. The molecule has 4 atom stereocenters. The van der Waals surface area contributed by atoms with Gasteiger partial charge in [-0.05, 0) is 11.6 Å². The third-order valence-corrected chi connectivity index (χ3v) is 5.70. The maximum atomic E-state index is 12.7. The van der Waals surface area contributed by atoms with E-state index in [1.165, 1.54) is 0 Å². The average Bonchev–Trinajstić information content (AvgIpc) is 3.13. The highest BCUT2D eigenvalue weighted by Crippen LogP contribution is 2.52. The van der Waals surface area contributed by atoms with Gasteiger partial charge in [0.15, 0.2) is 0 Å². The zero-order valence-corrected chi connectivity index (χ0v) is 13.4. The number of carboxylic acid groups (broad SMARTS) is 1. The van der Waals surface area contributed by atoms with Gasteiger partial charge in [-0.25, -0.2) is 0 Å². The minimum Gasteiger partial charge on any atom is -0.550 e. The fraction of sp³-hybridized carbons (Fsp3) is 0.375. The zero-order chi connectivity index (χ0) is 16.4. The molecule has 1 aromatic rings. The lowest BCUT2D eigenvalue weighted by atomic mass is 9.77. The van der Waals surface area contributed by atoms with E-state index in [1.807, 2.05) is 0 Å². The molecule has 7 heteroatoms. The van der Waals surface area contributed by atoms with Crippen LogP contribution < -0.4 is 5.11 Å². The largest absolute Gasteiger partial charge is 0.550 e. The van der Waals surface area contributed by atoms with Gasteiger partial charge in [-0.1, -0.05) is 47.5 Å². The Morgan fingerprint density at radius 3 is 2.96 bits per heavy atom. The van der Waals surface area contributed by atoms with Crippen LogP contribution in [0.25, 0.3) is 0 Å². The molecule has 3 heterocycles. The molecular formula is C16H12Cl2NO4-. The number of hydrogen-bond acceptors (Lipinski definition) is 4. The summed E-state index contributed by atoms with van der Waals surface area (Å²) >= 11 is 12.2. The van der Waals surface area contributed by atoms with Crippen molar-refractivity contribution in [2.24, 2.45) is 11.8 Å². The monoisotopic (exact) mass is 352 g/mol. The van der Waals surface area contributed by atoms with Gasteiger partial charge in [0.25, 0.3) is 0 Å². The third kappa shape index (κ3) is 2.04. The Morgan fingerprint density at radius 2 is 2.22 bits per heavy atom. The molecule has 1 amide bonds. The number of carboxylic acids is 1. The van der Waals surface area contributed by atoms with Crippen molar-refractivity contribution < 1.29 is 19.4 Å². The second-order valence-electron chi connectivity index (χ2n) is 6.13. The molecule has 5 nitrogen and oxygen atoms in total. The summed E-state index contributed by atoms with van der Waals surface area (Å²) in [5.41, 5.74) is -0.148. The number of nitrogens with zero attached hydrogens (tertiary/aromatic N) is 1. The molecule has 0 aromatic heterocycles. The van der Waals surface area contributed by atoms with E-state index in [1.54, 1.807) is 35.3 Å². The van der Waals surface area contributed by atoms with Crippen molar-refractivity contribution in [3.05, 3.63) is 46.0 Å². The van der Waals surface area contributed by atoms with Crippen molar-refractivity contribution in [2.75, 3.05) is 6.54 Å². The molecule has 0 aliphatic carbocycles. The molecule has 0 saturated carbocycles. The lowest BCUT2D eigenvalue weighted by Gasteiger charge is -2.24. The van der Waals surface area contributed by atoms with E-state index >= 15 is 0 Å². The Labute approximate surface area is 142 Å². The van der Waals surface area contributed by atoms with E-state index < -0.39 is 29.5 Å². The van der Waals surface area contributed by atoms with Crippen molar-refractivity contribution in [3.8, 4) is 0 Å². The number of carbonyl (C=O) groups is 2. The number of halogens is 2. The molecule has 2 saturated heterocycles. The van der Waals surface area contributed by atoms with Gasteiger partial charge in [0.2, 0.25) is 5.91 Å². The molecule has 120 valence electrons. The maximum absolute atomic E-state index is 12.7. The van der Waals surface area contributed by atoms with Gasteiger partial charge >= 0.3 is 0 Å². The summed E-state index contributed by atoms with van der Waals surface area (Å²) in [6.07, 6.45) is 2.94. The van der Waals surface area contributed by atoms with E-state index in [2.05, 4.69) is 0 Å². The first-order valence-corrected chi connectivity index (χ1v) is 7.98. The van der Waals surface area contributed by atoms with Crippen LogP contribution in [-0.4, -0.2) is 35.0 Å². The third-order valence-electron chi connectivity index (χ3n) is 4.84. The summed E-state index contributed by atoms with van der Waals surface area (Å²) < 4.78 is 5.80. The normalized spacial score (nSPS) is 34.3. The van der Waals surface area contributed by atoms with E-state index in [0.29, 0.717) is 22.2 Å². The van der Waals surface area contributed by atoms with Crippen LogP contribution in [0.4, 0.5) is 0 Å². The number of rotatable bonds is 3. The fourth-order valence-corrected chi connectivity index (χ4v) is 4.24. The van der Waals surface area contributed by atoms with E-state index in [0.717, 1.165) is 0 Å². The number of fused-ring (bicyclic) bond motifs is 1. The Morgan fingerprint density at radius 1 is 1.43 bits per heavy atom. The minimum absolute atomic E-state index is 0.248. The van der Waals surface area contributed by atoms with E-state index in [9.17, 15) is 14.7 Å². The van der Waals surface area contributed by atoms with Crippen molar-refractivity contribution in [3.63, 3.8) is 0 Å². The lowest BCUT2D eigenvalue weighted by Crippen LogP contribution is -2.45. The van der Waals surface area contributed by atoms with Crippen molar-refractivity contribution in [1.29, 1.82) is 0 Å². The molecule has 23 heavy (non-hydrogen) atoms. The van der Waals surface area contributed by atoms with Gasteiger partial charge in [-0.15, -0.1) is 0 Å². The Hall–Kier alpha value is -1.56. The number of benzene rings is 1. The molecule has 3 aliphatic rings. The number of ether oxygens (including phenoxy) is 1. The summed E-state index contributed by atoms with van der Waals surface area (Å²) in [5, 5.41) is 12.2. The number of aliphatic carboxylic acids is 1. The molecule has 2 bridgehead atoms. The highest BCUT2D eigenvalue weighted by atomic mass is 35.5. The van der Waals surface area contributed by atoms with Gasteiger partial charge < -0.3 is 19.5 Å². The van der Waals surface area contributed by atoms with Gasteiger partial charge in [0.1, 0.15) is 5.60 Å². The van der Waals surface area contributed by atoms with Gasteiger partial charge in [0.05, 0.1) is 28.6 Å². The standard InChI is InChI=1S/C16H13Cl2NO4/c17-9-3-1-2-8(13(9)18)6-19-7-16-5-4-10(23-16)11(15(21)22)12(16)14(19)20/h1-5,10-12H,6-7H2,(H,21,22)/p-1/t10-,11-,12+,16-/m0/s1. The average molecular weight is 353 g/mol. The number of amides is 1. The van der Waals surface area contributed by atoms with Gasteiger partial charge in [-0.2, -0.15) is 0 Å². The summed E-state index contributed by atoms with van der Waals surface area (Å²) in [7, 11) is 0. The number of likely N-dealkylation sites (tertiary alicyclic amines) is 1. The Balaban J connectivity index is 1.64. The second kappa shape index (κ2) is 4.97. The molecule has 0 radical (unpaired) electrons. The van der Waals surface area contributed by atoms with E-state index in [-0.39, 0.29) is 12.5 Å². The Kier molecular flexibility index (Phi) is 3.24. The first-order valence-electron chi connectivity index (χ1n) is 7.23. The van der Waals surface area contributed by atoms with Gasteiger partial charge in [-0.3, -0.25) is 4.79 Å². The predicted octanol–water partition coefficient (Wildman–Crippen LogP) is 1.03. The minimum atomic E-state index is -1.25. The van der Waals surface area contributed by atoms with Crippen LogP contribution in [0, 0.1) is 11.8 Å². The second-order valence-corrected chi connectivity index (χ2v) is 6.91. The van der Waals surface area contributed by atoms with E-state index in [4.69, 9.17) is 27.9 Å². The SMILES string of the molecule is O=C([O-])[C@H]1[C@@H]2C=C[C@@]3(CN(Cc4cccc(Cl)c4Cl)C(=O)[C@@H]13)O2. The van der Waals surface area contributed by atoms with Crippen molar-refractivity contribution >= 4 is 35.1 Å². The summed E-state index contributed by atoms with van der Waals surface area (Å²) in [6.45, 7) is 0.564. The first-order chi connectivity index (χ1) is 10.9. The van der Waals surface area contributed by atoms with Crippen LogP contribution in [0.2, 0.25) is 10.0 Å². The molecule has 1 spiro atoms. The predicted molar refractivity (Wildman–Crippen MR) is 80.6 cm³/mol. The molecule has 2 fully saturated rings. The van der Waals surface area contributed by atoms with Crippen molar-refractivity contribution in [1.82, 2.24) is 4.90 Å². The van der Waals surface area contributed by atoms with Crippen molar-refractivity contribution in [2.45, 2.75) is 18.2 Å². The van der Waals surface area contributed by atoms with Crippen LogP contribution in [0.1, 0.15) is 5.56 Å². The molecule has 0 unspecified atom stereocenters. The molecule has 0 N–H and O–H groups in total. The number of carbonyl (C=O) groups excluding carboxylic acids is 2. The zero-order valence-electron chi connectivity index (χ0n) is 11.9. The smallest absolute Gasteiger partial charge is 0.230 e. The Bertz CT molecular complexity index is 750. The van der Waals surface area contributed by atoms with Gasteiger partial charge in [0, 0.05) is 18.4 Å². The van der Waals surface area contributed by atoms with Crippen LogP contribution in [0.3, 0.4) is 0 Å². The molecule has 4 rings (SSSR count). The quantitative estimate of drug-likeness (QED) is 0.761. The summed E-state index contributed by atoms with van der Waals surface area (Å²) in [5.74, 6) is -3.17. The fourth-order valence-electron chi connectivity index (χ4n) is 3.86. The highest BCUT2D eigenvalue weighted by molar-refractivity contribution is 6.42. The first kappa shape index (κ1) is 15.0. The number of hydrogen-bond donors (Lipinski definition) is 0. The molecular weight excluding hydrogens is 341 g/mol. The van der Waals surface area contributed by atoms with Crippen LogP contribution in [0.5, 0.6) is 0 Å². The maximum Gasteiger partial charge on any atom is 0.230 e. The summed E-state index contributed by atoms with van der Waals surface area (Å²) in [4.78, 5) is 25.7. The summed E-state index contributed by atoms with van der Waals surface area (Å²) in [6, 6.07) is 5.22.